The standard InChI is InChI=1S/C21H24N4O4S/c1-4-6-18(21(26)29-5-2)24-30(27,28)17-9-7-16(8-10-17)14-25-15(3)23-19-13-22-12-11-20(19)25/h4,7-13,18,24H,1,5-6,14H2,2-3H3. The smallest absolute Gasteiger partial charge is 0.324 e. The number of rotatable bonds is 9. The van der Waals surface area contributed by atoms with Crippen molar-refractivity contribution < 1.29 is 17.9 Å². The van der Waals surface area contributed by atoms with Gasteiger partial charge in [-0.1, -0.05) is 18.2 Å². The minimum Gasteiger partial charge on any atom is -0.465 e. The number of benzene rings is 1. The Morgan fingerprint density at radius 1 is 1.30 bits per heavy atom. The van der Waals surface area contributed by atoms with Crippen molar-refractivity contribution in [1.29, 1.82) is 0 Å². The van der Waals surface area contributed by atoms with Crippen molar-refractivity contribution in [3.63, 3.8) is 0 Å². The van der Waals surface area contributed by atoms with Gasteiger partial charge in [-0.3, -0.25) is 9.78 Å². The van der Waals surface area contributed by atoms with E-state index in [1.165, 1.54) is 18.2 Å². The fraction of sp³-hybridized carbons (Fsp3) is 0.286. The van der Waals surface area contributed by atoms with Crippen LogP contribution in [0.1, 0.15) is 24.7 Å². The van der Waals surface area contributed by atoms with Crippen LogP contribution in [-0.2, 0) is 26.1 Å². The summed E-state index contributed by atoms with van der Waals surface area (Å²) in [7, 11) is -3.89. The third kappa shape index (κ3) is 4.74. The van der Waals surface area contributed by atoms with Crippen LogP contribution in [0.3, 0.4) is 0 Å². The Morgan fingerprint density at radius 3 is 2.70 bits per heavy atom. The molecule has 158 valence electrons. The molecule has 0 bridgehead atoms. The molecule has 1 N–H and O–H groups in total. The van der Waals surface area contributed by atoms with E-state index in [0.29, 0.717) is 6.54 Å². The lowest BCUT2D eigenvalue weighted by atomic mass is 10.2. The molecule has 1 unspecified atom stereocenters. The first-order valence-corrected chi connectivity index (χ1v) is 11.0. The van der Waals surface area contributed by atoms with Crippen molar-refractivity contribution in [3.05, 3.63) is 66.8 Å². The molecular formula is C21H24N4O4S. The number of nitrogens with zero attached hydrogens (tertiary/aromatic N) is 3. The maximum atomic E-state index is 12.7. The normalized spacial score (nSPS) is 12.6. The molecule has 8 nitrogen and oxygen atoms in total. The van der Waals surface area contributed by atoms with Gasteiger partial charge in [0.2, 0.25) is 10.0 Å². The van der Waals surface area contributed by atoms with Crippen LogP contribution >= 0.6 is 0 Å². The van der Waals surface area contributed by atoms with Crippen molar-refractivity contribution in [3.8, 4) is 0 Å². The molecule has 2 heterocycles. The SMILES string of the molecule is C=CCC(NS(=O)(=O)c1ccc(Cn2c(C)nc3cnccc32)cc1)C(=O)OCC. The monoisotopic (exact) mass is 428 g/mol. The molecule has 9 heteroatoms. The highest BCUT2D eigenvalue weighted by Gasteiger charge is 2.25. The number of nitrogens with one attached hydrogen (secondary N) is 1. The molecule has 0 aliphatic rings. The van der Waals surface area contributed by atoms with Gasteiger partial charge in [0.1, 0.15) is 17.4 Å². The van der Waals surface area contributed by atoms with E-state index in [2.05, 4.69) is 21.3 Å². The van der Waals surface area contributed by atoms with E-state index in [9.17, 15) is 13.2 Å². The van der Waals surface area contributed by atoms with Crippen molar-refractivity contribution >= 4 is 27.0 Å². The summed E-state index contributed by atoms with van der Waals surface area (Å²) in [5.74, 6) is 0.215. The number of carbonyl (C=O) groups is 1. The third-order valence-electron chi connectivity index (χ3n) is 4.59. The zero-order valence-electron chi connectivity index (χ0n) is 16.9. The lowest BCUT2D eigenvalue weighted by molar-refractivity contribution is -0.145. The Morgan fingerprint density at radius 2 is 2.03 bits per heavy atom. The fourth-order valence-electron chi connectivity index (χ4n) is 3.12. The molecule has 3 rings (SSSR count). The van der Waals surface area contributed by atoms with E-state index in [1.807, 2.05) is 17.6 Å². The van der Waals surface area contributed by atoms with Crippen molar-refractivity contribution in [2.45, 2.75) is 37.8 Å². The molecule has 0 amide bonds. The maximum Gasteiger partial charge on any atom is 0.324 e. The van der Waals surface area contributed by atoms with Crippen molar-refractivity contribution in [1.82, 2.24) is 19.3 Å². The lowest BCUT2D eigenvalue weighted by Crippen LogP contribution is -2.41. The highest BCUT2D eigenvalue weighted by molar-refractivity contribution is 7.89. The van der Waals surface area contributed by atoms with E-state index < -0.39 is 22.0 Å². The Hall–Kier alpha value is -3.04. The molecular weight excluding hydrogens is 404 g/mol. The molecule has 30 heavy (non-hydrogen) atoms. The third-order valence-corrected chi connectivity index (χ3v) is 6.07. The van der Waals surface area contributed by atoms with Gasteiger partial charge in [-0.25, -0.2) is 13.4 Å². The van der Waals surface area contributed by atoms with Gasteiger partial charge in [0.15, 0.2) is 0 Å². The van der Waals surface area contributed by atoms with Crippen LogP contribution in [0.2, 0.25) is 0 Å². The molecule has 0 aliphatic heterocycles. The topological polar surface area (TPSA) is 103 Å². The number of ether oxygens (including phenoxy) is 1. The van der Waals surface area contributed by atoms with E-state index >= 15 is 0 Å². The largest absolute Gasteiger partial charge is 0.465 e. The number of esters is 1. The predicted octanol–water partition coefficient (Wildman–Crippen LogP) is 2.57. The summed E-state index contributed by atoms with van der Waals surface area (Å²) in [4.78, 5) is 20.6. The highest BCUT2D eigenvalue weighted by Crippen LogP contribution is 2.18. The first-order valence-electron chi connectivity index (χ1n) is 9.51. The zero-order valence-corrected chi connectivity index (χ0v) is 17.7. The second-order valence-corrected chi connectivity index (χ2v) is 8.42. The van der Waals surface area contributed by atoms with Crippen molar-refractivity contribution in [2.24, 2.45) is 0 Å². The van der Waals surface area contributed by atoms with Crippen LogP contribution < -0.4 is 4.72 Å². The number of aromatic nitrogens is 3. The summed E-state index contributed by atoms with van der Waals surface area (Å²) < 4.78 is 34.8. The summed E-state index contributed by atoms with van der Waals surface area (Å²) in [5, 5.41) is 0. The predicted molar refractivity (Wildman–Crippen MR) is 113 cm³/mol. The van der Waals surface area contributed by atoms with Gasteiger partial charge in [0.05, 0.1) is 23.2 Å². The van der Waals surface area contributed by atoms with Crippen LogP contribution in [0.4, 0.5) is 0 Å². The number of sulfonamides is 1. The molecule has 2 aromatic heterocycles. The van der Waals surface area contributed by atoms with Gasteiger partial charge in [0.25, 0.3) is 0 Å². The van der Waals surface area contributed by atoms with Gasteiger partial charge in [-0.15, -0.1) is 6.58 Å². The van der Waals surface area contributed by atoms with Crippen LogP contribution in [0.25, 0.3) is 11.0 Å². The maximum absolute atomic E-state index is 12.7. The van der Waals surface area contributed by atoms with Crippen LogP contribution in [0.5, 0.6) is 0 Å². The first-order chi connectivity index (χ1) is 14.4. The fourth-order valence-corrected chi connectivity index (χ4v) is 4.31. The number of hydrogen-bond acceptors (Lipinski definition) is 6. The number of aryl methyl sites for hydroxylation is 1. The number of imidazole rings is 1. The van der Waals surface area contributed by atoms with Gasteiger partial charge < -0.3 is 9.30 Å². The quantitative estimate of drug-likeness (QED) is 0.415. The van der Waals surface area contributed by atoms with Crippen LogP contribution in [0.15, 0.2) is 60.3 Å². The minimum atomic E-state index is -3.89. The Balaban J connectivity index is 1.79. The Kier molecular flexibility index (Phi) is 6.63. The molecule has 0 saturated heterocycles. The average Bonchev–Trinajstić information content (AvgIpc) is 3.03. The Bertz CT molecular complexity index is 1150. The van der Waals surface area contributed by atoms with Gasteiger partial charge in [-0.2, -0.15) is 4.72 Å². The number of hydrogen-bond donors (Lipinski definition) is 1. The zero-order chi connectivity index (χ0) is 21.7. The van der Waals surface area contributed by atoms with E-state index in [4.69, 9.17) is 4.74 Å². The van der Waals surface area contributed by atoms with Gasteiger partial charge >= 0.3 is 5.97 Å². The summed E-state index contributed by atoms with van der Waals surface area (Å²) in [5.41, 5.74) is 2.69. The summed E-state index contributed by atoms with van der Waals surface area (Å²) in [6.45, 7) is 7.86. The van der Waals surface area contributed by atoms with E-state index in [1.54, 1.807) is 31.5 Å². The molecule has 0 saturated carbocycles. The molecule has 0 aliphatic carbocycles. The second-order valence-electron chi connectivity index (χ2n) is 6.70. The summed E-state index contributed by atoms with van der Waals surface area (Å²) in [6.07, 6.45) is 5.03. The second kappa shape index (κ2) is 9.19. The van der Waals surface area contributed by atoms with Gasteiger partial charge in [0, 0.05) is 12.7 Å². The van der Waals surface area contributed by atoms with Crippen LogP contribution in [0, 0.1) is 6.92 Å². The number of pyridine rings is 1. The van der Waals surface area contributed by atoms with Gasteiger partial charge in [-0.05, 0) is 44.0 Å². The summed E-state index contributed by atoms with van der Waals surface area (Å²) >= 11 is 0. The first kappa shape index (κ1) is 21.7. The molecule has 0 radical (unpaired) electrons. The number of fused-ring (bicyclic) bond motifs is 1. The van der Waals surface area contributed by atoms with E-state index in [-0.39, 0.29) is 17.9 Å². The number of carbonyl (C=O) groups excluding carboxylic acids is 1. The molecule has 3 aromatic rings. The minimum absolute atomic E-state index is 0.0704. The van der Waals surface area contributed by atoms with Crippen molar-refractivity contribution in [2.75, 3.05) is 6.61 Å². The molecule has 0 fully saturated rings. The molecule has 1 atom stereocenters. The Labute approximate surface area is 175 Å². The van der Waals surface area contributed by atoms with E-state index in [0.717, 1.165) is 22.4 Å². The highest BCUT2D eigenvalue weighted by atomic mass is 32.2. The molecule has 1 aromatic carbocycles. The van der Waals surface area contributed by atoms with Crippen LogP contribution in [-0.4, -0.2) is 41.6 Å². The summed E-state index contributed by atoms with van der Waals surface area (Å²) in [6, 6.07) is 7.41. The molecule has 0 spiro atoms. The lowest BCUT2D eigenvalue weighted by Gasteiger charge is -2.16. The average molecular weight is 429 g/mol.